The molecular weight excluding hydrogens is 252 g/mol. The highest BCUT2D eigenvalue weighted by molar-refractivity contribution is 5.76. The van der Waals surface area contributed by atoms with E-state index in [-0.39, 0.29) is 11.9 Å². The van der Waals surface area contributed by atoms with Crippen molar-refractivity contribution in [1.82, 2.24) is 20.2 Å². The van der Waals surface area contributed by atoms with Gasteiger partial charge in [0.25, 0.3) is 0 Å². The highest BCUT2D eigenvalue weighted by atomic mass is 16.1. The predicted octanol–water partition coefficient (Wildman–Crippen LogP) is 1.65. The molecule has 0 radical (unpaired) electrons. The van der Waals surface area contributed by atoms with E-state index in [2.05, 4.69) is 27.1 Å². The minimum absolute atomic E-state index is 0.129. The van der Waals surface area contributed by atoms with Gasteiger partial charge in [-0.2, -0.15) is 0 Å². The zero-order valence-corrected chi connectivity index (χ0v) is 12.6. The second-order valence-corrected chi connectivity index (χ2v) is 5.66. The van der Waals surface area contributed by atoms with Crippen LogP contribution in [0.5, 0.6) is 0 Å². The molecular formula is C15H26N4O. The average Bonchev–Trinajstić information content (AvgIpc) is 2.94. The molecule has 1 unspecified atom stereocenters. The first-order chi connectivity index (χ1) is 9.70. The van der Waals surface area contributed by atoms with E-state index in [9.17, 15) is 4.79 Å². The maximum atomic E-state index is 11.8. The molecule has 1 amide bonds. The summed E-state index contributed by atoms with van der Waals surface area (Å²) in [6.45, 7) is 6.99. The van der Waals surface area contributed by atoms with Crippen LogP contribution in [0.3, 0.4) is 0 Å². The third kappa shape index (κ3) is 4.07. The number of amides is 1. The Hall–Kier alpha value is -1.36. The summed E-state index contributed by atoms with van der Waals surface area (Å²) < 4.78 is 2.15. The van der Waals surface area contributed by atoms with Gasteiger partial charge in [0.1, 0.15) is 0 Å². The van der Waals surface area contributed by atoms with Crippen LogP contribution in [-0.2, 0) is 11.3 Å². The first-order valence-electron chi connectivity index (χ1n) is 7.70. The van der Waals surface area contributed by atoms with E-state index in [1.54, 1.807) is 0 Å². The number of hydrogen-bond acceptors (Lipinski definition) is 3. The number of nitrogens with one attached hydrogen (secondary N) is 2. The molecule has 1 atom stereocenters. The van der Waals surface area contributed by atoms with E-state index in [1.807, 2.05) is 19.4 Å². The van der Waals surface area contributed by atoms with E-state index in [4.69, 9.17) is 0 Å². The normalized spacial score (nSPS) is 17.9. The van der Waals surface area contributed by atoms with Gasteiger partial charge in [-0.05, 0) is 39.3 Å². The van der Waals surface area contributed by atoms with Crippen molar-refractivity contribution in [3.63, 3.8) is 0 Å². The van der Waals surface area contributed by atoms with E-state index in [0.717, 1.165) is 38.9 Å². The van der Waals surface area contributed by atoms with Gasteiger partial charge >= 0.3 is 0 Å². The lowest BCUT2D eigenvalue weighted by atomic mass is 9.95. The van der Waals surface area contributed by atoms with Crippen molar-refractivity contribution in [3.8, 4) is 0 Å². The molecule has 5 heteroatoms. The quantitative estimate of drug-likeness (QED) is 0.832. The average molecular weight is 278 g/mol. The number of carbonyl (C=O) groups excluding carboxylic acids is 1. The molecule has 1 aromatic heterocycles. The summed E-state index contributed by atoms with van der Waals surface area (Å²) in [6.07, 6.45) is 7.63. The zero-order valence-electron chi connectivity index (χ0n) is 12.6. The maximum absolute atomic E-state index is 11.8. The van der Waals surface area contributed by atoms with Gasteiger partial charge in [0.15, 0.2) is 0 Å². The lowest BCUT2D eigenvalue weighted by molar-refractivity contribution is -0.121. The molecule has 1 aromatic rings. The number of rotatable bonds is 6. The van der Waals surface area contributed by atoms with Crippen molar-refractivity contribution in [3.05, 3.63) is 18.2 Å². The van der Waals surface area contributed by atoms with E-state index >= 15 is 0 Å². The molecule has 0 aliphatic carbocycles. The second kappa shape index (κ2) is 7.43. The Morgan fingerprint density at radius 3 is 3.00 bits per heavy atom. The Bertz CT molecular complexity index is 423. The number of hydrogen-bond donors (Lipinski definition) is 2. The summed E-state index contributed by atoms with van der Waals surface area (Å²) in [7, 11) is 0. The van der Waals surface area contributed by atoms with Crippen LogP contribution in [0.25, 0.3) is 0 Å². The van der Waals surface area contributed by atoms with Gasteiger partial charge in [-0.15, -0.1) is 0 Å². The number of nitrogens with zero attached hydrogens (tertiary/aromatic N) is 2. The van der Waals surface area contributed by atoms with Gasteiger partial charge in [-0.1, -0.05) is 6.92 Å². The SMILES string of the molecule is CCC(C)NC(=O)CCn1cncc1C1CCNCC1. The van der Waals surface area contributed by atoms with Gasteiger partial charge in [0, 0.05) is 36.8 Å². The second-order valence-electron chi connectivity index (χ2n) is 5.66. The van der Waals surface area contributed by atoms with Crippen molar-refractivity contribution < 1.29 is 4.79 Å². The highest BCUT2D eigenvalue weighted by Crippen LogP contribution is 2.24. The summed E-state index contributed by atoms with van der Waals surface area (Å²) in [4.78, 5) is 16.1. The lowest BCUT2D eigenvalue weighted by Gasteiger charge is -2.23. The number of aryl methyl sites for hydroxylation is 1. The van der Waals surface area contributed by atoms with Crippen molar-refractivity contribution in [2.24, 2.45) is 0 Å². The number of piperidine rings is 1. The molecule has 0 aromatic carbocycles. The van der Waals surface area contributed by atoms with Crippen LogP contribution in [0.4, 0.5) is 0 Å². The van der Waals surface area contributed by atoms with Gasteiger partial charge in [-0.25, -0.2) is 4.98 Å². The summed E-state index contributed by atoms with van der Waals surface area (Å²) >= 11 is 0. The van der Waals surface area contributed by atoms with Crippen LogP contribution in [-0.4, -0.2) is 34.6 Å². The van der Waals surface area contributed by atoms with Gasteiger partial charge in [0.05, 0.1) is 6.33 Å². The molecule has 5 nitrogen and oxygen atoms in total. The minimum Gasteiger partial charge on any atom is -0.354 e. The predicted molar refractivity (Wildman–Crippen MR) is 79.6 cm³/mol. The number of imidazole rings is 1. The number of carbonyl (C=O) groups is 1. The van der Waals surface area contributed by atoms with Crippen LogP contribution in [0.15, 0.2) is 12.5 Å². The summed E-state index contributed by atoms with van der Waals surface area (Å²) in [5.74, 6) is 0.709. The lowest BCUT2D eigenvalue weighted by Crippen LogP contribution is -2.32. The summed E-state index contributed by atoms with van der Waals surface area (Å²) in [5.41, 5.74) is 1.28. The fraction of sp³-hybridized carbons (Fsp3) is 0.733. The zero-order chi connectivity index (χ0) is 14.4. The van der Waals surface area contributed by atoms with Crippen LogP contribution >= 0.6 is 0 Å². The van der Waals surface area contributed by atoms with Crippen LogP contribution in [0, 0.1) is 0 Å². The summed E-state index contributed by atoms with van der Waals surface area (Å²) in [6, 6.07) is 0.258. The molecule has 1 aliphatic rings. The molecule has 0 bridgehead atoms. The largest absolute Gasteiger partial charge is 0.354 e. The van der Waals surface area contributed by atoms with E-state index in [0.29, 0.717) is 12.3 Å². The monoisotopic (exact) mass is 278 g/mol. The fourth-order valence-corrected chi connectivity index (χ4v) is 2.65. The van der Waals surface area contributed by atoms with Crippen molar-refractivity contribution in [2.75, 3.05) is 13.1 Å². The Labute approximate surface area is 121 Å². The molecule has 112 valence electrons. The Morgan fingerprint density at radius 1 is 1.55 bits per heavy atom. The molecule has 2 rings (SSSR count). The minimum atomic E-state index is 0.129. The molecule has 20 heavy (non-hydrogen) atoms. The summed E-state index contributed by atoms with van der Waals surface area (Å²) in [5, 5.41) is 6.39. The fourth-order valence-electron chi connectivity index (χ4n) is 2.65. The molecule has 1 saturated heterocycles. The number of aromatic nitrogens is 2. The van der Waals surface area contributed by atoms with Gasteiger partial charge in [0.2, 0.25) is 5.91 Å². The topological polar surface area (TPSA) is 59.0 Å². The molecule has 1 aliphatic heterocycles. The van der Waals surface area contributed by atoms with Crippen LogP contribution in [0.1, 0.15) is 51.1 Å². The first-order valence-corrected chi connectivity index (χ1v) is 7.70. The van der Waals surface area contributed by atoms with Crippen LogP contribution < -0.4 is 10.6 Å². The highest BCUT2D eigenvalue weighted by Gasteiger charge is 2.19. The Balaban J connectivity index is 1.87. The first kappa shape index (κ1) is 15.0. The van der Waals surface area contributed by atoms with Crippen molar-refractivity contribution >= 4 is 5.91 Å². The maximum Gasteiger partial charge on any atom is 0.221 e. The molecule has 2 heterocycles. The Morgan fingerprint density at radius 2 is 2.30 bits per heavy atom. The van der Waals surface area contributed by atoms with Gasteiger partial charge < -0.3 is 15.2 Å². The molecule has 0 spiro atoms. The van der Waals surface area contributed by atoms with E-state index in [1.165, 1.54) is 5.69 Å². The third-order valence-electron chi connectivity index (χ3n) is 4.10. The molecule has 0 saturated carbocycles. The molecule has 2 N–H and O–H groups in total. The van der Waals surface area contributed by atoms with Gasteiger partial charge in [-0.3, -0.25) is 4.79 Å². The smallest absolute Gasteiger partial charge is 0.221 e. The van der Waals surface area contributed by atoms with Crippen molar-refractivity contribution in [2.45, 2.75) is 58.0 Å². The van der Waals surface area contributed by atoms with E-state index < -0.39 is 0 Å². The van der Waals surface area contributed by atoms with Crippen LogP contribution in [0.2, 0.25) is 0 Å². The third-order valence-corrected chi connectivity index (χ3v) is 4.10. The standard InChI is InChI=1S/C15H26N4O/c1-3-12(2)18-15(20)6-9-19-11-17-10-14(19)13-4-7-16-8-5-13/h10-13,16H,3-9H2,1-2H3,(H,18,20). The van der Waals surface area contributed by atoms with Crippen molar-refractivity contribution in [1.29, 1.82) is 0 Å². The molecule has 1 fully saturated rings. The Kier molecular flexibility index (Phi) is 5.59.